The molecule has 0 bridgehead atoms. The lowest BCUT2D eigenvalue weighted by atomic mass is 10.3. The van der Waals surface area contributed by atoms with E-state index in [2.05, 4.69) is 14.7 Å². The highest BCUT2D eigenvalue weighted by molar-refractivity contribution is 7.92. The van der Waals surface area contributed by atoms with Crippen molar-refractivity contribution in [3.05, 3.63) is 72.6 Å². The van der Waals surface area contributed by atoms with E-state index in [1.807, 2.05) is 0 Å². The number of rotatable bonds is 5. The molecule has 0 saturated heterocycles. The first-order valence-corrected chi connectivity index (χ1v) is 8.45. The molecule has 3 rings (SSSR count). The summed E-state index contributed by atoms with van der Waals surface area (Å²) in [5.41, 5.74) is 0.0743. The fraction of sp³-hybridized carbons (Fsp3) is 0. The maximum absolute atomic E-state index is 13.5. The normalized spacial score (nSPS) is 11.1. The van der Waals surface area contributed by atoms with Crippen LogP contribution in [0.15, 0.2) is 65.8 Å². The van der Waals surface area contributed by atoms with E-state index in [1.54, 1.807) is 6.07 Å². The summed E-state index contributed by atoms with van der Waals surface area (Å²) in [7, 11) is -3.91. The first-order chi connectivity index (χ1) is 11.9. The number of benzene rings is 2. The van der Waals surface area contributed by atoms with Gasteiger partial charge in [-0.3, -0.25) is 4.72 Å². The van der Waals surface area contributed by atoms with Gasteiger partial charge in [0.2, 0.25) is 0 Å². The van der Waals surface area contributed by atoms with E-state index in [4.69, 9.17) is 4.74 Å². The van der Waals surface area contributed by atoms with Crippen molar-refractivity contribution in [2.24, 2.45) is 0 Å². The quantitative estimate of drug-likeness (QED) is 0.752. The Bertz CT molecular complexity index is 978. The van der Waals surface area contributed by atoms with E-state index in [-0.39, 0.29) is 22.3 Å². The Balaban J connectivity index is 1.74. The SMILES string of the molecule is O=S(=O)(Nc1cnc(Oc2ccccc2F)nc1)c1ccc(F)cc1. The van der Waals surface area contributed by atoms with Crippen LogP contribution in [0.2, 0.25) is 0 Å². The van der Waals surface area contributed by atoms with Crippen LogP contribution in [0.25, 0.3) is 0 Å². The van der Waals surface area contributed by atoms with Crippen LogP contribution in [-0.4, -0.2) is 18.4 Å². The van der Waals surface area contributed by atoms with E-state index < -0.39 is 21.7 Å². The van der Waals surface area contributed by atoms with Gasteiger partial charge in [-0.05, 0) is 36.4 Å². The van der Waals surface area contributed by atoms with Crippen molar-refractivity contribution in [3.8, 4) is 11.8 Å². The van der Waals surface area contributed by atoms with E-state index in [1.165, 1.54) is 30.6 Å². The van der Waals surface area contributed by atoms with Crippen LogP contribution >= 0.6 is 0 Å². The van der Waals surface area contributed by atoms with Crippen molar-refractivity contribution in [2.45, 2.75) is 4.90 Å². The van der Waals surface area contributed by atoms with Crippen LogP contribution in [0.1, 0.15) is 0 Å². The average Bonchev–Trinajstić information content (AvgIpc) is 2.59. The second-order valence-corrected chi connectivity index (χ2v) is 6.53. The van der Waals surface area contributed by atoms with Crippen LogP contribution in [-0.2, 0) is 10.0 Å². The summed E-state index contributed by atoms with van der Waals surface area (Å²) in [6.07, 6.45) is 2.34. The molecule has 0 saturated carbocycles. The van der Waals surface area contributed by atoms with Gasteiger partial charge >= 0.3 is 6.01 Å². The third-order valence-electron chi connectivity index (χ3n) is 3.04. The lowest BCUT2D eigenvalue weighted by Gasteiger charge is -2.08. The van der Waals surface area contributed by atoms with Gasteiger partial charge < -0.3 is 4.74 Å². The van der Waals surface area contributed by atoms with Crippen molar-refractivity contribution in [2.75, 3.05) is 4.72 Å². The van der Waals surface area contributed by atoms with Crippen molar-refractivity contribution < 1.29 is 21.9 Å². The summed E-state index contributed by atoms with van der Waals surface area (Å²) in [5.74, 6) is -1.17. The zero-order valence-electron chi connectivity index (χ0n) is 12.6. The van der Waals surface area contributed by atoms with E-state index in [0.29, 0.717) is 0 Å². The number of hydrogen-bond acceptors (Lipinski definition) is 5. The minimum atomic E-state index is -3.91. The van der Waals surface area contributed by atoms with E-state index >= 15 is 0 Å². The molecule has 0 aliphatic heterocycles. The third-order valence-corrected chi connectivity index (χ3v) is 4.44. The molecule has 0 unspecified atom stereocenters. The molecule has 0 amide bonds. The Hall–Kier alpha value is -3.07. The Morgan fingerprint density at radius 3 is 2.20 bits per heavy atom. The van der Waals surface area contributed by atoms with Crippen LogP contribution in [0.3, 0.4) is 0 Å². The van der Waals surface area contributed by atoms with Gasteiger partial charge in [0.15, 0.2) is 11.6 Å². The number of sulfonamides is 1. The molecule has 0 aliphatic rings. The molecule has 1 aromatic heterocycles. The number of aromatic nitrogens is 2. The molecule has 3 aromatic rings. The Morgan fingerprint density at radius 2 is 1.56 bits per heavy atom. The Kier molecular flexibility index (Phi) is 4.57. The minimum absolute atomic E-state index is 0.0536. The molecular formula is C16H11F2N3O3S. The van der Waals surface area contributed by atoms with E-state index in [0.717, 1.165) is 24.3 Å². The maximum atomic E-state index is 13.5. The smallest absolute Gasteiger partial charge is 0.322 e. The molecule has 25 heavy (non-hydrogen) atoms. The van der Waals surface area contributed by atoms with Crippen LogP contribution in [0.4, 0.5) is 14.5 Å². The van der Waals surface area contributed by atoms with Crippen LogP contribution < -0.4 is 9.46 Å². The molecule has 6 nitrogen and oxygen atoms in total. The first kappa shape index (κ1) is 16.8. The molecule has 0 atom stereocenters. The van der Waals surface area contributed by atoms with Crippen molar-refractivity contribution in [1.29, 1.82) is 0 Å². The predicted molar refractivity (Wildman–Crippen MR) is 85.7 cm³/mol. The summed E-state index contributed by atoms with van der Waals surface area (Å²) in [4.78, 5) is 7.53. The van der Waals surface area contributed by atoms with Gasteiger partial charge in [-0.1, -0.05) is 12.1 Å². The Labute approximate surface area is 142 Å². The summed E-state index contributed by atoms with van der Waals surface area (Å²) >= 11 is 0. The number of halogens is 2. The van der Waals surface area contributed by atoms with Crippen molar-refractivity contribution in [3.63, 3.8) is 0 Å². The average molecular weight is 363 g/mol. The zero-order chi connectivity index (χ0) is 17.9. The maximum Gasteiger partial charge on any atom is 0.322 e. The van der Waals surface area contributed by atoms with Crippen molar-refractivity contribution >= 4 is 15.7 Å². The number of para-hydroxylation sites is 1. The van der Waals surface area contributed by atoms with E-state index in [9.17, 15) is 17.2 Å². The fourth-order valence-corrected chi connectivity index (χ4v) is 2.90. The summed E-state index contributed by atoms with van der Waals surface area (Å²) in [6, 6.07) is 9.93. The van der Waals surface area contributed by atoms with Gasteiger partial charge in [-0.2, -0.15) is 0 Å². The lowest BCUT2D eigenvalue weighted by Crippen LogP contribution is -2.13. The first-order valence-electron chi connectivity index (χ1n) is 6.97. The topological polar surface area (TPSA) is 81.2 Å². The molecule has 128 valence electrons. The highest BCUT2D eigenvalue weighted by Gasteiger charge is 2.15. The van der Waals surface area contributed by atoms with Gasteiger partial charge in [0, 0.05) is 0 Å². The second-order valence-electron chi connectivity index (χ2n) is 4.85. The predicted octanol–water partition coefficient (Wildman–Crippen LogP) is 3.35. The zero-order valence-corrected chi connectivity index (χ0v) is 13.4. The summed E-state index contributed by atoms with van der Waals surface area (Å²) in [5, 5.41) is 0. The highest BCUT2D eigenvalue weighted by atomic mass is 32.2. The Morgan fingerprint density at radius 1 is 0.920 bits per heavy atom. The van der Waals surface area contributed by atoms with Crippen molar-refractivity contribution in [1.82, 2.24) is 9.97 Å². The number of ether oxygens (including phenoxy) is 1. The number of nitrogens with one attached hydrogen (secondary N) is 1. The fourth-order valence-electron chi connectivity index (χ4n) is 1.88. The molecule has 9 heteroatoms. The monoisotopic (exact) mass is 363 g/mol. The number of hydrogen-bond donors (Lipinski definition) is 1. The van der Waals surface area contributed by atoms with Gasteiger partial charge in [-0.15, -0.1) is 0 Å². The number of anilines is 1. The highest BCUT2D eigenvalue weighted by Crippen LogP contribution is 2.22. The largest absolute Gasteiger partial charge is 0.421 e. The van der Waals surface area contributed by atoms with Crippen LogP contribution in [0.5, 0.6) is 11.8 Å². The molecule has 1 N–H and O–H groups in total. The molecule has 1 heterocycles. The standard InChI is InChI=1S/C16H11F2N3O3S/c17-11-5-7-13(8-6-11)25(22,23)21-12-9-19-16(20-10-12)24-15-4-2-1-3-14(15)18/h1-10,21H. The molecular weight excluding hydrogens is 352 g/mol. The van der Waals surface area contributed by atoms with Gasteiger partial charge in [0.25, 0.3) is 10.0 Å². The molecule has 0 radical (unpaired) electrons. The van der Waals surface area contributed by atoms with Gasteiger partial charge in [0.1, 0.15) is 5.82 Å². The molecule has 0 spiro atoms. The minimum Gasteiger partial charge on any atom is -0.421 e. The van der Waals surface area contributed by atoms with Gasteiger partial charge in [-0.25, -0.2) is 27.2 Å². The second kappa shape index (κ2) is 6.81. The molecule has 0 aliphatic carbocycles. The summed E-state index contributed by atoms with van der Waals surface area (Å²) < 4.78 is 58.1. The van der Waals surface area contributed by atoms with Crippen LogP contribution in [0, 0.1) is 11.6 Å². The lowest BCUT2D eigenvalue weighted by molar-refractivity contribution is 0.411. The third kappa shape index (κ3) is 4.07. The summed E-state index contributed by atoms with van der Waals surface area (Å²) in [6.45, 7) is 0. The molecule has 0 fully saturated rings. The van der Waals surface area contributed by atoms with Gasteiger partial charge in [0.05, 0.1) is 23.0 Å². The molecule has 2 aromatic carbocycles. The number of nitrogens with zero attached hydrogens (tertiary/aromatic N) is 2.